The van der Waals surface area contributed by atoms with E-state index in [4.69, 9.17) is 4.74 Å². The zero-order valence-corrected chi connectivity index (χ0v) is 19.6. The fourth-order valence-electron chi connectivity index (χ4n) is 5.20. The lowest BCUT2D eigenvalue weighted by Gasteiger charge is -2.37. The van der Waals surface area contributed by atoms with Gasteiger partial charge in [-0.2, -0.15) is 0 Å². The van der Waals surface area contributed by atoms with Gasteiger partial charge in [-0.25, -0.2) is 0 Å². The predicted molar refractivity (Wildman–Crippen MR) is 127 cm³/mol. The topological polar surface area (TPSA) is 54.5 Å². The minimum Gasteiger partial charge on any atom is -0.381 e. The Hall–Kier alpha value is -2.24. The van der Waals surface area contributed by atoms with Crippen molar-refractivity contribution >= 4 is 5.91 Å². The number of benzene rings is 1. The molecule has 1 atom stereocenters. The van der Waals surface area contributed by atoms with Crippen LogP contribution in [0.15, 0.2) is 48.7 Å². The van der Waals surface area contributed by atoms with Crippen molar-refractivity contribution in [2.24, 2.45) is 5.41 Å². The summed E-state index contributed by atoms with van der Waals surface area (Å²) in [6.07, 6.45) is 6.55. The fourth-order valence-corrected chi connectivity index (χ4v) is 5.20. The van der Waals surface area contributed by atoms with E-state index in [1.54, 1.807) is 6.20 Å². The minimum absolute atomic E-state index is 0.125. The number of ether oxygens (including phenoxy) is 1. The second-order valence-electron chi connectivity index (χ2n) is 9.75. The highest BCUT2D eigenvalue weighted by atomic mass is 16.5. The molecular weight excluding hydrogens is 398 g/mol. The number of hydrogen-bond acceptors (Lipinski definition) is 4. The molecule has 1 aromatic carbocycles. The molecule has 0 spiro atoms. The molecule has 4 rings (SSSR count). The van der Waals surface area contributed by atoms with Crippen molar-refractivity contribution in [2.75, 3.05) is 26.3 Å². The second-order valence-corrected chi connectivity index (χ2v) is 9.75. The van der Waals surface area contributed by atoms with Gasteiger partial charge in [0.15, 0.2) is 0 Å². The third-order valence-corrected chi connectivity index (χ3v) is 7.24. The van der Waals surface area contributed by atoms with Crippen LogP contribution in [0.3, 0.4) is 0 Å². The number of pyridine rings is 1. The van der Waals surface area contributed by atoms with Crippen LogP contribution >= 0.6 is 0 Å². The Morgan fingerprint density at radius 1 is 1.22 bits per heavy atom. The number of piperidine rings is 1. The Morgan fingerprint density at radius 3 is 2.81 bits per heavy atom. The number of nitrogens with zero attached hydrogens (tertiary/aromatic N) is 2. The lowest BCUT2D eigenvalue weighted by atomic mass is 9.74. The molecular formula is C27H37N3O2. The zero-order chi connectivity index (χ0) is 22.4. The van der Waals surface area contributed by atoms with Crippen molar-refractivity contribution < 1.29 is 9.53 Å². The average Bonchev–Trinajstić information content (AvgIpc) is 2.84. The number of rotatable bonds is 7. The summed E-state index contributed by atoms with van der Waals surface area (Å²) in [6.45, 7) is 8.66. The van der Waals surface area contributed by atoms with Crippen LogP contribution in [-0.4, -0.2) is 48.1 Å². The van der Waals surface area contributed by atoms with Crippen LogP contribution in [0.2, 0.25) is 0 Å². The Labute approximate surface area is 192 Å². The summed E-state index contributed by atoms with van der Waals surface area (Å²) in [4.78, 5) is 20.3. The molecule has 0 radical (unpaired) electrons. The van der Waals surface area contributed by atoms with Gasteiger partial charge in [0.05, 0.1) is 17.7 Å². The Kier molecular flexibility index (Phi) is 7.59. The number of carbonyl (C=O) groups excluding carboxylic acids is 1. The first-order chi connectivity index (χ1) is 15.6. The summed E-state index contributed by atoms with van der Waals surface area (Å²) in [5, 5.41) is 3.16. The maximum absolute atomic E-state index is 13.4. The highest BCUT2D eigenvalue weighted by molar-refractivity contribution is 5.83. The molecule has 3 heterocycles. The molecule has 0 saturated carbocycles. The highest BCUT2D eigenvalue weighted by Gasteiger charge is 2.40. The fraction of sp³-hybridized carbons (Fsp3) is 0.556. The predicted octanol–water partition coefficient (Wildman–Crippen LogP) is 4.33. The van der Waals surface area contributed by atoms with Gasteiger partial charge in [-0.3, -0.25) is 9.78 Å². The summed E-state index contributed by atoms with van der Waals surface area (Å²) in [6, 6.07) is 15.4. The molecule has 5 nitrogen and oxygen atoms in total. The SMILES string of the molecule is CC(C)N1CCC[C@H](c2cccc(CC3(C(=O)NCc4ccccn4)CCOCC3)c2)C1. The quantitative estimate of drug-likeness (QED) is 0.704. The van der Waals surface area contributed by atoms with Crippen molar-refractivity contribution in [3.8, 4) is 0 Å². The Bertz CT molecular complexity index is 877. The van der Waals surface area contributed by atoms with E-state index in [2.05, 4.69) is 53.3 Å². The molecule has 0 unspecified atom stereocenters. The molecule has 5 heteroatoms. The van der Waals surface area contributed by atoms with Gasteiger partial charge in [-0.05, 0) is 81.7 Å². The molecule has 0 bridgehead atoms. The van der Waals surface area contributed by atoms with Crippen LogP contribution in [0.25, 0.3) is 0 Å². The monoisotopic (exact) mass is 435 g/mol. The maximum atomic E-state index is 13.4. The number of likely N-dealkylation sites (tertiary alicyclic amines) is 1. The molecule has 2 aliphatic rings. The van der Waals surface area contributed by atoms with Crippen LogP contribution in [-0.2, 0) is 22.5 Å². The molecule has 1 N–H and O–H groups in total. The Morgan fingerprint density at radius 2 is 2.06 bits per heavy atom. The zero-order valence-electron chi connectivity index (χ0n) is 19.6. The van der Waals surface area contributed by atoms with Gasteiger partial charge in [0.25, 0.3) is 0 Å². The molecule has 172 valence electrons. The Balaban J connectivity index is 1.48. The molecule has 1 aromatic heterocycles. The van der Waals surface area contributed by atoms with Crippen molar-refractivity contribution in [2.45, 2.75) is 64.5 Å². The van der Waals surface area contributed by atoms with E-state index in [0.717, 1.165) is 31.5 Å². The lowest BCUT2D eigenvalue weighted by molar-refractivity contribution is -0.136. The summed E-state index contributed by atoms with van der Waals surface area (Å²) in [7, 11) is 0. The van der Waals surface area contributed by atoms with Crippen LogP contribution in [0.5, 0.6) is 0 Å². The van der Waals surface area contributed by atoms with Crippen LogP contribution < -0.4 is 5.32 Å². The van der Waals surface area contributed by atoms with E-state index >= 15 is 0 Å². The first-order valence-electron chi connectivity index (χ1n) is 12.1. The van der Waals surface area contributed by atoms with E-state index < -0.39 is 5.41 Å². The number of aromatic nitrogens is 1. The summed E-state index contributed by atoms with van der Waals surface area (Å²) in [5.74, 6) is 0.704. The van der Waals surface area contributed by atoms with Crippen molar-refractivity contribution in [3.05, 3.63) is 65.5 Å². The highest BCUT2D eigenvalue weighted by Crippen LogP contribution is 2.36. The van der Waals surface area contributed by atoms with Gasteiger partial charge in [-0.15, -0.1) is 0 Å². The van der Waals surface area contributed by atoms with E-state index in [9.17, 15) is 4.79 Å². The minimum atomic E-state index is -0.414. The first-order valence-corrected chi connectivity index (χ1v) is 12.1. The number of hydrogen-bond donors (Lipinski definition) is 1. The van der Waals surface area contributed by atoms with Gasteiger partial charge >= 0.3 is 0 Å². The number of amides is 1. The van der Waals surface area contributed by atoms with Crippen LogP contribution in [0, 0.1) is 5.41 Å². The van der Waals surface area contributed by atoms with Gasteiger partial charge in [0.2, 0.25) is 5.91 Å². The van der Waals surface area contributed by atoms with Crippen molar-refractivity contribution in [1.29, 1.82) is 0 Å². The lowest BCUT2D eigenvalue weighted by Crippen LogP contribution is -2.46. The summed E-state index contributed by atoms with van der Waals surface area (Å²) >= 11 is 0. The molecule has 2 saturated heterocycles. The number of nitrogens with one attached hydrogen (secondary N) is 1. The van der Waals surface area contributed by atoms with Gasteiger partial charge in [0.1, 0.15) is 0 Å². The molecule has 1 amide bonds. The van der Waals surface area contributed by atoms with E-state index in [-0.39, 0.29) is 5.91 Å². The molecule has 2 fully saturated rings. The largest absolute Gasteiger partial charge is 0.381 e. The van der Waals surface area contributed by atoms with E-state index in [0.29, 0.717) is 31.7 Å². The second kappa shape index (κ2) is 10.6. The normalized spacial score (nSPS) is 21.4. The molecule has 32 heavy (non-hydrogen) atoms. The third kappa shape index (κ3) is 5.57. The van der Waals surface area contributed by atoms with E-state index in [1.807, 2.05) is 18.2 Å². The maximum Gasteiger partial charge on any atom is 0.227 e. The smallest absolute Gasteiger partial charge is 0.227 e. The summed E-state index contributed by atoms with van der Waals surface area (Å²) in [5.41, 5.74) is 3.16. The molecule has 2 aliphatic heterocycles. The van der Waals surface area contributed by atoms with Gasteiger partial charge in [-0.1, -0.05) is 30.3 Å². The average molecular weight is 436 g/mol. The summed E-state index contributed by atoms with van der Waals surface area (Å²) < 4.78 is 5.63. The third-order valence-electron chi connectivity index (χ3n) is 7.24. The van der Waals surface area contributed by atoms with E-state index in [1.165, 1.54) is 30.5 Å². The van der Waals surface area contributed by atoms with Crippen LogP contribution in [0.1, 0.15) is 62.3 Å². The molecule has 2 aromatic rings. The van der Waals surface area contributed by atoms with Crippen molar-refractivity contribution in [1.82, 2.24) is 15.2 Å². The van der Waals surface area contributed by atoms with Crippen molar-refractivity contribution in [3.63, 3.8) is 0 Å². The standard InChI is InChI=1S/C27H37N3O2/c1-21(2)30-14-6-9-24(20-30)23-8-5-7-22(17-23)18-27(11-15-32-16-12-27)26(31)29-19-25-10-3-4-13-28-25/h3-5,7-8,10,13,17,21,24H,6,9,11-12,14-16,18-20H2,1-2H3,(H,29,31)/t24-/m0/s1. The van der Waals surface area contributed by atoms with Gasteiger partial charge < -0.3 is 15.0 Å². The first kappa shape index (κ1) is 22.9. The molecule has 0 aliphatic carbocycles. The van der Waals surface area contributed by atoms with Crippen LogP contribution in [0.4, 0.5) is 0 Å². The van der Waals surface area contributed by atoms with Gasteiger partial charge in [0, 0.05) is 32.0 Å². The number of carbonyl (C=O) groups is 1.